The maximum atomic E-state index is 6.05. The van der Waals surface area contributed by atoms with Gasteiger partial charge in [-0.2, -0.15) is 0 Å². The van der Waals surface area contributed by atoms with Crippen molar-refractivity contribution in [2.45, 2.75) is 44.7 Å². The third-order valence-corrected chi connectivity index (χ3v) is 3.60. The third kappa shape index (κ3) is 3.58. The van der Waals surface area contributed by atoms with E-state index < -0.39 is 0 Å². The highest BCUT2D eigenvalue weighted by atomic mass is 35.5. The summed E-state index contributed by atoms with van der Waals surface area (Å²) >= 11 is 6.05. The fourth-order valence-corrected chi connectivity index (χ4v) is 2.60. The van der Waals surface area contributed by atoms with Gasteiger partial charge in [-0.1, -0.05) is 42.8 Å². The zero-order chi connectivity index (χ0) is 12.1. The Kier molecular flexibility index (Phi) is 4.64. The van der Waals surface area contributed by atoms with E-state index in [1.54, 1.807) is 0 Å². The molecule has 2 rings (SSSR count). The first-order chi connectivity index (χ1) is 8.29. The van der Waals surface area contributed by atoms with E-state index in [9.17, 15) is 0 Å². The molecule has 0 fully saturated rings. The largest absolute Gasteiger partial charge is 0.307 e. The molecular weight excluding hydrogens is 230 g/mol. The molecule has 0 saturated heterocycles. The molecule has 0 heterocycles. The van der Waals surface area contributed by atoms with Gasteiger partial charge in [0.25, 0.3) is 0 Å². The van der Waals surface area contributed by atoms with Gasteiger partial charge in [0.15, 0.2) is 0 Å². The van der Waals surface area contributed by atoms with Crippen molar-refractivity contribution >= 4 is 11.6 Å². The van der Waals surface area contributed by atoms with Crippen LogP contribution >= 0.6 is 11.6 Å². The highest BCUT2D eigenvalue weighted by molar-refractivity contribution is 6.30. The van der Waals surface area contributed by atoms with Crippen molar-refractivity contribution in [3.63, 3.8) is 0 Å². The minimum Gasteiger partial charge on any atom is -0.307 e. The van der Waals surface area contributed by atoms with Crippen LogP contribution in [0.15, 0.2) is 36.4 Å². The molecule has 1 nitrogen and oxygen atoms in total. The van der Waals surface area contributed by atoms with Crippen LogP contribution in [0.3, 0.4) is 0 Å². The summed E-state index contributed by atoms with van der Waals surface area (Å²) in [5.41, 5.74) is 1.30. The van der Waals surface area contributed by atoms with Crippen LogP contribution in [0.2, 0.25) is 5.02 Å². The first kappa shape index (κ1) is 12.7. The number of nitrogens with one attached hydrogen (secondary N) is 1. The lowest BCUT2D eigenvalue weighted by Crippen LogP contribution is -2.33. The Labute approximate surface area is 109 Å². The van der Waals surface area contributed by atoms with Crippen molar-refractivity contribution in [1.82, 2.24) is 5.32 Å². The van der Waals surface area contributed by atoms with Gasteiger partial charge in [-0.05, 0) is 43.4 Å². The Balaban J connectivity index is 2.03. The lowest BCUT2D eigenvalue weighted by Gasteiger charge is -2.26. The second-order valence-electron chi connectivity index (χ2n) is 4.66. The van der Waals surface area contributed by atoms with Crippen LogP contribution in [0.5, 0.6) is 0 Å². The lowest BCUT2D eigenvalue weighted by molar-refractivity contribution is 0.402. The summed E-state index contributed by atoms with van der Waals surface area (Å²) in [7, 11) is 0. The molecular formula is C15H20ClN. The zero-order valence-electron chi connectivity index (χ0n) is 10.3. The highest BCUT2D eigenvalue weighted by Gasteiger charge is 2.16. The fourth-order valence-electron chi connectivity index (χ4n) is 2.40. The average Bonchev–Trinajstić information content (AvgIpc) is 2.37. The summed E-state index contributed by atoms with van der Waals surface area (Å²) in [6.07, 6.45) is 9.25. The summed E-state index contributed by atoms with van der Waals surface area (Å²) in [6, 6.07) is 9.23. The number of hydrogen-bond donors (Lipinski definition) is 1. The number of benzene rings is 1. The Hall–Kier alpha value is -0.790. The second kappa shape index (κ2) is 6.23. The number of rotatable bonds is 4. The Morgan fingerprint density at radius 3 is 2.94 bits per heavy atom. The van der Waals surface area contributed by atoms with Crippen molar-refractivity contribution in [2.75, 3.05) is 0 Å². The molecule has 92 valence electrons. The van der Waals surface area contributed by atoms with Gasteiger partial charge in [-0.25, -0.2) is 0 Å². The van der Waals surface area contributed by atoms with Gasteiger partial charge in [0.2, 0.25) is 0 Å². The summed E-state index contributed by atoms with van der Waals surface area (Å²) in [4.78, 5) is 0. The molecule has 17 heavy (non-hydrogen) atoms. The van der Waals surface area contributed by atoms with Crippen molar-refractivity contribution in [3.05, 3.63) is 47.0 Å². The van der Waals surface area contributed by atoms with Crippen LogP contribution < -0.4 is 5.32 Å². The molecule has 0 amide bonds. The SMILES string of the molecule is CCC(NC1CC=CCC1)c1cccc(Cl)c1. The molecule has 0 bridgehead atoms. The Morgan fingerprint density at radius 2 is 2.29 bits per heavy atom. The molecule has 0 radical (unpaired) electrons. The van der Waals surface area contributed by atoms with Crippen molar-refractivity contribution in [3.8, 4) is 0 Å². The normalized spacial score (nSPS) is 21.4. The van der Waals surface area contributed by atoms with Gasteiger partial charge in [0.05, 0.1) is 0 Å². The van der Waals surface area contributed by atoms with E-state index in [1.807, 2.05) is 12.1 Å². The van der Waals surface area contributed by atoms with E-state index in [0.29, 0.717) is 12.1 Å². The van der Waals surface area contributed by atoms with Crippen molar-refractivity contribution in [2.24, 2.45) is 0 Å². The molecule has 0 saturated carbocycles. The first-order valence-electron chi connectivity index (χ1n) is 6.46. The van der Waals surface area contributed by atoms with Gasteiger partial charge < -0.3 is 5.32 Å². The zero-order valence-corrected chi connectivity index (χ0v) is 11.1. The molecule has 0 aliphatic heterocycles. The molecule has 2 heteroatoms. The molecule has 1 aliphatic carbocycles. The molecule has 0 spiro atoms. The number of hydrogen-bond acceptors (Lipinski definition) is 1. The van der Waals surface area contributed by atoms with Gasteiger partial charge in [0, 0.05) is 17.1 Å². The monoisotopic (exact) mass is 249 g/mol. The molecule has 1 aliphatic rings. The topological polar surface area (TPSA) is 12.0 Å². The Morgan fingerprint density at radius 1 is 1.41 bits per heavy atom. The third-order valence-electron chi connectivity index (χ3n) is 3.37. The van der Waals surface area contributed by atoms with Crippen LogP contribution in [-0.2, 0) is 0 Å². The van der Waals surface area contributed by atoms with E-state index in [4.69, 9.17) is 11.6 Å². The van der Waals surface area contributed by atoms with Crippen LogP contribution in [0.4, 0.5) is 0 Å². The van der Waals surface area contributed by atoms with Gasteiger partial charge in [-0.15, -0.1) is 0 Å². The van der Waals surface area contributed by atoms with Gasteiger partial charge in [0.1, 0.15) is 0 Å². The van der Waals surface area contributed by atoms with Crippen LogP contribution in [0.1, 0.15) is 44.2 Å². The maximum absolute atomic E-state index is 6.05. The quantitative estimate of drug-likeness (QED) is 0.776. The van der Waals surface area contributed by atoms with Crippen LogP contribution in [-0.4, -0.2) is 6.04 Å². The van der Waals surface area contributed by atoms with Crippen LogP contribution in [0.25, 0.3) is 0 Å². The Bertz CT molecular complexity index is 386. The number of allylic oxidation sites excluding steroid dienone is 1. The van der Waals surface area contributed by atoms with Gasteiger partial charge in [-0.3, -0.25) is 0 Å². The maximum Gasteiger partial charge on any atom is 0.0409 e. The van der Waals surface area contributed by atoms with Crippen LogP contribution in [0, 0.1) is 0 Å². The molecule has 1 N–H and O–H groups in total. The van der Waals surface area contributed by atoms with E-state index in [0.717, 1.165) is 17.9 Å². The molecule has 2 unspecified atom stereocenters. The summed E-state index contributed by atoms with van der Waals surface area (Å²) in [5, 5.41) is 4.56. The van der Waals surface area contributed by atoms with E-state index in [2.05, 4.69) is 36.5 Å². The summed E-state index contributed by atoms with van der Waals surface area (Å²) < 4.78 is 0. The number of halogens is 1. The smallest absolute Gasteiger partial charge is 0.0409 e. The fraction of sp³-hybridized carbons (Fsp3) is 0.467. The standard InChI is InChI=1S/C15H20ClN/c1-2-15(12-7-6-8-13(16)11-12)17-14-9-4-3-5-10-14/h3-4,6-8,11,14-15,17H,2,5,9-10H2,1H3. The minimum atomic E-state index is 0.421. The second-order valence-corrected chi connectivity index (χ2v) is 5.10. The predicted molar refractivity (Wildman–Crippen MR) is 74.4 cm³/mol. The lowest BCUT2D eigenvalue weighted by atomic mass is 9.98. The first-order valence-corrected chi connectivity index (χ1v) is 6.84. The predicted octanol–water partition coefficient (Wildman–Crippen LogP) is 4.49. The molecule has 1 aromatic carbocycles. The average molecular weight is 250 g/mol. The van der Waals surface area contributed by atoms with E-state index in [1.165, 1.54) is 18.4 Å². The van der Waals surface area contributed by atoms with E-state index >= 15 is 0 Å². The molecule has 1 aromatic rings. The molecule has 2 atom stereocenters. The van der Waals surface area contributed by atoms with E-state index in [-0.39, 0.29) is 0 Å². The minimum absolute atomic E-state index is 0.421. The summed E-state index contributed by atoms with van der Waals surface area (Å²) in [6.45, 7) is 2.22. The van der Waals surface area contributed by atoms with Crippen molar-refractivity contribution in [1.29, 1.82) is 0 Å². The molecule has 0 aromatic heterocycles. The van der Waals surface area contributed by atoms with Crippen molar-refractivity contribution < 1.29 is 0 Å². The highest BCUT2D eigenvalue weighted by Crippen LogP contribution is 2.23. The van der Waals surface area contributed by atoms with Gasteiger partial charge >= 0.3 is 0 Å². The summed E-state index contributed by atoms with van der Waals surface area (Å²) in [5.74, 6) is 0.